The van der Waals surface area contributed by atoms with Crippen molar-refractivity contribution in [2.24, 2.45) is 0 Å². The minimum atomic E-state index is -0.248. The fourth-order valence-electron chi connectivity index (χ4n) is 3.33. The summed E-state index contributed by atoms with van der Waals surface area (Å²) in [7, 11) is 0. The molecule has 4 heteroatoms. The first-order chi connectivity index (χ1) is 12.3. The molecule has 138 valence electrons. The Labute approximate surface area is 160 Å². The van der Waals surface area contributed by atoms with Crippen LogP contribution < -0.4 is 5.56 Å². The average molecular weight is 371 g/mol. The number of rotatable bonds is 4. The average Bonchev–Trinajstić information content (AvgIpc) is 3.11. The first-order valence-corrected chi connectivity index (χ1v) is 9.65. The Morgan fingerprint density at radius 2 is 1.77 bits per heavy atom. The molecule has 1 saturated heterocycles. The molecule has 0 atom stereocenters. The van der Waals surface area contributed by atoms with Crippen LogP contribution in [0.15, 0.2) is 47.3 Å². The molecule has 0 saturated carbocycles. The molecule has 0 aliphatic carbocycles. The Kier molecular flexibility index (Phi) is 5.69. The van der Waals surface area contributed by atoms with Crippen LogP contribution in [0.2, 0.25) is 5.02 Å². The molecule has 1 aliphatic heterocycles. The Balaban J connectivity index is 1.97. The minimum Gasteiger partial charge on any atom is -0.321 e. The molecule has 1 N–H and O–H groups in total. The molecular weight excluding hydrogens is 344 g/mol. The van der Waals surface area contributed by atoms with Crippen LogP contribution in [0.25, 0.3) is 5.57 Å². The van der Waals surface area contributed by atoms with Crippen LogP contribution in [-0.4, -0.2) is 29.5 Å². The summed E-state index contributed by atoms with van der Waals surface area (Å²) in [5.41, 5.74) is 4.13. The summed E-state index contributed by atoms with van der Waals surface area (Å²) < 4.78 is 0. The predicted molar refractivity (Wildman–Crippen MR) is 110 cm³/mol. The second kappa shape index (κ2) is 7.81. The number of nitrogens with one attached hydrogen (secondary N) is 1. The molecule has 0 unspecified atom stereocenters. The molecule has 2 heterocycles. The van der Waals surface area contributed by atoms with E-state index in [0.717, 1.165) is 36.5 Å². The Bertz CT molecular complexity index is 838. The van der Waals surface area contributed by atoms with Crippen molar-refractivity contribution in [2.45, 2.75) is 39.0 Å². The topological polar surface area (TPSA) is 36.1 Å². The number of aromatic nitrogens is 1. The molecule has 26 heavy (non-hydrogen) atoms. The second-order valence-corrected chi connectivity index (χ2v) is 8.41. The number of hydrogen-bond donors (Lipinski definition) is 1. The highest BCUT2D eigenvalue weighted by atomic mass is 35.5. The van der Waals surface area contributed by atoms with E-state index in [1.165, 1.54) is 18.4 Å². The van der Waals surface area contributed by atoms with E-state index < -0.39 is 0 Å². The molecule has 2 aromatic rings. The zero-order valence-corrected chi connectivity index (χ0v) is 16.6. The SMILES string of the molecule is CC(C)(C)c1ccc(/C(=C/CN2CCCC2)c2ccc(Cl)c(=O)[nH]2)cc1. The van der Waals surface area contributed by atoms with E-state index in [4.69, 9.17) is 11.6 Å². The van der Waals surface area contributed by atoms with Crippen LogP contribution >= 0.6 is 11.6 Å². The van der Waals surface area contributed by atoms with Crippen molar-refractivity contribution in [3.63, 3.8) is 0 Å². The number of pyridine rings is 1. The summed E-state index contributed by atoms with van der Waals surface area (Å²) in [5.74, 6) is 0. The van der Waals surface area contributed by atoms with Gasteiger partial charge < -0.3 is 4.98 Å². The maximum Gasteiger partial charge on any atom is 0.267 e. The summed E-state index contributed by atoms with van der Waals surface area (Å²) in [4.78, 5) is 17.4. The van der Waals surface area contributed by atoms with Gasteiger partial charge >= 0.3 is 0 Å². The number of likely N-dealkylation sites (tertiary alicyclic amines) is 1. The van der Waals surface area contributed by atoms with Crippen molar-refractivity contribution in [3.8, 4) is 0 Å². The van der Waals surface area contributed by atoms with Crippen LogP contribution in [0.1, 0.15) is 50.4 Å². The molecule has 1 aromatic carbocycles. The van der Waals surface area contributed by atoms with Gasteiger partial charge in [-0.1, -0.05) is 62.7 Å². The van der Waals surface area contributed by atoms with E-state index in [1.54, 1.807) is 6.07 Å². The Morgan fingerprint density at radius 1 is 1.12 bits per heavy atom. The van der Waals surface area contributed by atoms with Crippen LogP contribution in [0.3, 0.4) is 0 Å². The third-order valence-corrected chi connectivity index (χ3v) is 5.26. The third kappa shape index (κ3) is 4.46. The van der Waals surface area contributed by atoms with E-state index in [2.05, 4.69) is 61.0 Å². The van der Waals surface area contributed by atoms with Gasteiger partial charge in [-0.2, -0.15) is 0 Å². The van der Waals surface area contributed by atoms with E-state index in [9.17, 15) is 4.79 Å². The second-order valence-electron chi connectivity index (χ2n) is 8.00. The van der Waals surface area contributed by atoms with E-state index in [-0.39, 0.29) is 16.0 Å². The van der Waals surface area contributed by atoms with Gasteiger partial charge in [-0.05, 0) is 54.6 Å². The van der Waals surface area contributed by atoms with E-state index in [0.29, 0.717) is 0 Å². The first kappa shape index (κ1) is 18.9. The van der Waals surface area contributed by atoms with Crippen molar-refractivity contribution < 1.29 is 0 Å². The molecule has 0 bridgehead atoms. The van der Waals surface area contributed by atoms with Crippen molar-refractivity contribution in [1.82, 2.24) is 9.88 Å². The maximum atomic E-state index is 12.0. The largest absolute Gasteiger partial charge is 0.321 e. The monoisotopic (exact) mass is 370 g/mol. The van der Waals surface area contributed by atoms with Gasteiger partial charge in [-0.15, -0.1) is 0 Å². The van der Waals surface area contributed by atoms with Crippen LogP contribution in [-0.2, 0) is 5.41 Å². The van der Waals surface area contributed by atoms with Gasteiger partial charge in [0.05, 0.1) is 0 Å². The highest BCUT2D eigenvalue weighted by molar-refractivity contribution is 6.30. The smallest absolute Gasteiger partial charge is 0.267 e. The number of halogens is 1. The normalized spacial score (nSPS) is 16.2. The molecule has 1 aliphatic rings. The van der Waals surface area contributed by atoms with Crippen LogP contribution in [0, 0.1) is 0 Å². The van der Waals surface area contributed by atoms with Crippen LogP contribution in [0.5, 0.6) is 0 Å². The summed E-state index contributed by atoms with van der Waals surface area (Å²) in [6, 6.07) is 12.2. The molecule has 3 rings (SSSR count). The molecule has 1 fully saturated rings. The fourth-order valence-corrected chi connectivity index (χ4v) is 3.44. The first-order valence-electron chi connectivity index (χ1n) is 9.27. The van der Waals surface area contributed by atoms with Crippen molar-refractivity contribution in [1.29, 1.82) is 0 Å². The van der Waals surface area contributed by atoms with E-state index >= 15 is 0 Å². The molecule has 0 amide bonds. The van der Waals surface area contributed by atoms with Crippen LogP contribution in [0.4, 0.5) is 0 Å². The summed E-state index contributed by atoms with van der Waals surface area (Å²) >= 11 is 5.91. The number of H-pyrrole nitrogens is 1. The zero-order chi connectivity index (χ0) is 18.7. The van der Waals surface area contributed by atoms with E-state index in [1.807, 2.05) is 6.07 Å². The van der Waals surface area contributed by atoms with Gasteiger partial charge in [0.1, 0.15) is 5.02 Å². The zero-order valence-electron chi connectivity index (χ0n) is 15.8. The maximum absolute atomic E-state index is 12.0. The lowest BCUT2D eigenvalue weighted by Crippen LogP contribution is -2.19. The summed E-state index contributed by atoms with van der Waals surface area (Å²) in [5, 5.41) is 0.218. The fraction of sp³-hybridized carbons (Fsp3) is 0.409. The Morgan fingerprint density at radius 3 is 2.35 bits per heavy atom. The molecule has 0 spiro atoms. The predicted octanol–water partition coefficient (Wildman–Crippen LogP) is 4.85. The highest BCUT2D eigenvalue weighted by Crippen LogP contribution is 2.27. The highest BCUT2D eigenvalue weighted by Gasteiger charge is 2.15. The van der Waals surface area contributed by atoms with Gasteiger partial charge in [0, 0.05) is 17.8 Å². The van der Waals surface area contributed by atoms with Crippen molar-refractivity contribution in [2.75, 3.05) is 19.6 Å². The molecule has 0 radical (unpaired) electrons. The lowest BCUT2D eigenvalue weighted by molar-refractivity contribution is 0.377. The van der Waals surface area contributed by atoms with Gasteiger partial charge in [-0.25, -0.2) is 0 Å². The lowest BCUT2D eigenvalue weighted by Gasteiger charge is -2.20. The number of nitrogens with zero attached hydrogens (tertiary/aromatic N) is 1. The quantitative estimate of drug-likeness (QED) is 0.834. The number of benzene rings is 1. The summed E-state index contributed by atoms with van der Waals surface area (Å²) in [6.45, 7) is 9.81. The number of hydrogen-bond acceptors (Lipinski definition) is 2. The summed E-state index contributed by atoms with van der Waals surface area (Å²) in [6.07, 6.45) is 4.75. The standard InChI is InChI=1S/C22H27ClN2O/c1-22(2,3)17-8-6-16(7-9-17)18(12-15-25-13-4-5-14-25)20-11-10-19(23)21(26)24-20/h6-12H,4-5,13-15H2,1-3H3,(H,24,26)/b18-12-. The lowest BCUT2D eigenvalue weighted by atomic mass is 9.86. The van der Waals surface area contributed by atoms with Gasteiger partial charge in [-0.3, -0.25) is 9.69 Å². The van der Waals surface area contributed by atoms with Gasteiger partial charge in [0.25, 0.3) is 5.56 Å². The molecule has 3 nitrogen and oxygen atoms in total. The Hall–Kier alpha value is -1.84. The van der Waals surface area contributed by atoms with Crippen molar-refractivity contribution in [3.05, 3.63) is 74.7 Å². The van der Waals surface area contributed by atoms with Crippen molar-refractivity contribution >= 4 is 17.2 Å². The molecular formula is C22H27ClN2O. The number of aromatic amines is 1. The van der Waals surface area contributed by atoms with Gasteiger partial charge in [0.2, 0.25) is 0 Å². The third-order valence-electron chi connectivity index (χ3n) is 4.97. The minimum absolute atomic E-state index is 0.118. The van der Waals surface area contributed by atoms with Gasteiger partial charge in [0.15, 0.2) is 0 Å². The molecule has 1 aromatic heterocycles.